The number of ether oxygens (including phenoxy) is 2. The van der Waals surface area contributed by atoms with Crippen molar-refractivity contribution in [1.82, 2.24) is 9.88 Å². The lowest BCUT2D eigenvalue weighted by Crippen LogP contribution is -2.36. The quantitative estimate of drug-likeness (QED) is 0.331. The van der Waals surface area contributed by atoms with Crippen molar-refractivity contribution in [2.24, 2.45) is 5.92 Å². The zero-order valence-corrected chi connectivity index (χ0v) is 23.3. The Bertz CT molecular complexity index is 1170. The van der Waals surface area contributed by atoms with Crippen molar-refractivity contribution in [2.75, 3.05) is 38.2 Å². The van der Waals surface area contributed by atoms with Gasteiger partial charge in [0.2, 0.25) is 0 Å². The summed E-state index contributed by atoms with van der Waals surface area (Å²) in [5.74, 6) is -3.79. The van der Waals surface area contributed by atoms with Crippen molar-refractivity contribution >= 4 is 11.8 Å². The van der Waals surface area contributed by atoms with Gasteiger partial charge in [0.05, 0.1) is 19.3 Å². The number of pyridine rings is 1. The number of nitrogens with zero attached hydrogens (tertiary/aromatic N) is 2. The first kappa shape index (κ1) is 28.9. The van der Waals surface area contributed by atoms with Gasteiger partial charge in [0.1, 0.15) is 11.9 Å². The van der Waals surface area contributed by atoms with Crippen LogP contribution in [0, 0.1) is 12.8 Å². The Morgan fingerprint density at radius 3 is 2.95 bits per heavy atom. The van der Waals surface area contributed by atoms with Gasteiger partial charge in [-0.2, -0.15) is 0 Å². The lowest BCUT2D eigenvalue weighted by atomic mass is 9.94. The first-order valence-corrected chi connectivity index (χ1v) is 14.7. The summed E-state index contributed by atoms with van der Waals surface area (Å²) >= 11 is 0. The summed E-state index contributed by atoms with van der Waals surface area (Å²) < 4.78 is 42.0. The zero-order valence-electron chi connectivity index (χ0n) is 23.3. The van der Waals surface area contributed by atoms with Gasteiger partial charge >= 0.3 is 5.97 Å². The largest absolute Gasteiger partial charge is 0.480 e. The average molecular weight is 558 g/mol. The van der Waals surface area contributed by atoms with Crippen LogP contribution in [0.2, 0.25) is 0 Å². The predicted octanol–water partition coefficient (Wildman–Crippen LogP) is 5.55. The normalized spacial score (nSPS) is 22.2. The number of halogens is 2. The summed E-state index contributed by atoms with van der Waals surface area (Å²) in [7, 11) is 0. The molecule has 1 unspecified atom stereocenters. The fraction of sp³-hybridized carbons (Fsp3) is 0.613. The minimum atomic E-state index is -2.84. The lowest BCUT2D eigenvalue weighted by Gasteiger charge is -2.28. The molecule has 1 aromatic heterocycles. The number of fused-ring (bicyclic) bond motifs is 1. The molecular formula is C31H41F2N3O4. The Labute approximate surface area is 235 Å². The fourth-order valence-corrected chi connectivity index (χ4v) is 6.18. The molecule has 0 radical (unpaired) electrons. The highest BCUT2D eigenvalue weighted by atomic mass is 19.3. The first-order chi connectivity index (χ1) is 19.3. The molecule has 0 saturated carbocycles. The number of benzene rings is 1. The molecule has 0 aliphatic carbocycles. The second kappa shape index (κ2) is 12.9. The van der Waals surface area contributed by atoms with Crippen molar-refractivity contribution in [3.63, 3.8) is 0 Å². The maximum absolute atomic E-state index is 15.3. The van der Waals surface area contributed by atoms with E-state index in [2.05, 4.69) is 16.4 Å². The highest BCUT2D eigenvalue weighted by Gasteiger charge is 2.45. The highest BCUT2D eigenvalue weighted by molar-refractivity contribution is 5.76. The molecule has 4 heterocycles. The van der Waals surface area contributed by atoms with Crippen LogP contribution in [0.1, 0.15) is 72.5 Å². The molecule has 2 N–H and O–H groups in total. The summed E-state index contributed by atoms with van der Waals surface area (Å²) in [5.41, 5.74) is 4.50. The van der Waals surface area contributed by atoms with Gasteiger partial charge in [-0.15, -0.1) is 0 Å². The maximum atomic E-state index is 15.3. The van der Waals surface area contributed by atoms with Gasteiger partial charge < -0.3 is 19.9 Å². The van der Waals surface area contributed by atoms with Gasteiger partial charge in [-0.3, -0.25) is 9.69 Å². The average Bonchev–Trinajstić information content (AvgIpc) is 3.64. The van der Waals surface area contributed by atoms with Gasteiger partial charge in [-0.05, 0) is 81.2 Å². The predicted molar refractivity (Wildman–Crippen MR) is 149 cm³/mol. The molecule has 40 heavy (non-hydrogen) atoms. The topological polar surface area (TPSA) is 83.9 Å². The number of carbonyl (C=O) groups is 1. The minimum Gasteiger partial charge on any atom is -0.480 e. The van der Waals surface area contributed by atoms with Gasteiger partial charge in [0, 0.05) is 37.7 Å². The molecule has 7 nitrogen and oxygen atoms in total. The van der Waals surface area contributed by atoms with E-state index >= 15 is 8.78 Å². The van der Waals surface area contributed by atoms with Crippen molar-refractivity contribution in [3.8, 4) is 0 Å². The van der Waals surface area contributed by atoms with Crippen molar-refractivity contribution < 1.29 is 28.2 Å². The van der Waals surface area contributed by atoms with E-state index in [0.29, 0.717) is 44.6 Å². The van der Waals surface area contributed by atoms with Gasteiger partial charge in [-0.25, -0.2) is 13.8 Å². The van der Waals surface area contributed by atoms with Crippen LogP contribution in [-0.4, -0.2) is 65.8 Å². The van der Waals surface area contributed by atoms with Crippen molar-refractivity contribution in [1.29, 1.82) is 0 Å². The van der Waals surface area contributed by atoms with Crippen molar-refractivity contribution in [3.05, 3.63) is 58.3 Å². The van der Waals surface area contributed by atoms with Crippen LogP contribution < -0.4 is 5.32 Å². The molecule has 9 heteroatoms. The van der Waals surface area contributed by atoms with Crippen LogP contribution in [0.15, 0.2) is 30.3 Å². The number of unbranched alkanes of at least 4 members (excludes halogenated alkanes) is 1. The first-order valence-electron chi connectivity index (χ1n) is 14.7. The Kier molecular flexibility index (Phi) is 9.33. The molecule has 0 spiro atoms. The molecule has 2 aromatic rings. The molecule has 3 aliphatic heterocycles. The van der Waals surface area contributed by atoms with Crippen LogP contribution in [0.3, 0.4) is 0 Å². The monoisotopic (exact) mass is 557 g/mol. The minimum absolute atomic E-state index is 0.00742. The standard InChI is InChI=1S/C31H41F2N3O4/c1-21-7-8-23(19-40-26-12-16-39-20-26)27(17-21)28(30(37)38)36-15-11-24(18-36)31(32,33)13-3-2-6-25-10-9-22-5-4-14-34-29(22)35-25/h7-10,17,24,26,28H,2-6,11-16,18-20H2,1H3,(H,34,35)(H,37,38)/t24-,26+,28?/m1/s1. The molecule has 3 aliphatic rings. The number of carboxylic acids is 1. The van der Waals surface area contributed by atoms with E-state index in [4.69, 9.17) is 9.47 Å². The molecule has 0 amide bonds. The second-order valence-corrected chi connectivity index (χ2v) is 11.5. The van der Waals surface area contributed by atoms with E-state index in [1.807, 2.05) is 31.2 Å². The number of rotatable bonds is 12. The molecule has 3 atom stereocenters. The van der Waals surface area contributed by atoms with Crippen molar-refractivity contribution in [2.45, 2.75) is 83.0 Å². The van der Waals surface area contributed by atoms with E-state index in [-0.39, 0.29) is 32.1 Å². The summed E-state index contributed by atoms with van der Waals surface area (Å²) in [6, 6.07) is 8.81. The van der Waals surface area contributed by atoms with E-state index in [1.165, 1.54) is 5.56 Å². The number of aryl methyl sites for hydroxylation is 3. The van der Waals surface area contributed by atoms with Crippen LogP contribution in [-0.2, 0) is 33.7 Å². The number of aliphatic carboxylic acids is 1. The van der Waals surface area contributed by atoms with Gasteiger partial charge in [0.15, 0.2) is 0 Å². The number of likely N-dealkylation sites (tertiary alicyclic amines) is 1. The number of hydrogen-bond donors (Lipinski definition) is 2. The molecule has 2 fully saturated rings. The zero-order chi connectivity index (χ0) is 28.1. The summed E-state index contributed by atoms with van der Waals surface area (Å²) in [5, 5.41) is 13.6. The lowest BCUT2D eigenvalue weighted by molar-refractivity contribution is -0.143. The Balaban J connectivity index is 1.17. The molecule has 5 rings (SSSR count). The molecule has 2 saturated heterocycles. The number of nitrogens with one attached hydrogen (secondary N) is 1. The van der Waals surface area contributed by atoms with Crippen LogP contribution in [0.5, 0.6) is 0 Å². The summed E-state index contributed by atoms with van der Waals surface area (Å²) in [6.07, 6.45) is 4.75. The Morgan fingerprint density at radius 2 is 2.15 bits per heavy atom. The third-order valence-corrected chi connectivity index (χ3v) is 8.52. The van der Waals surface area contributed by atoms with E-state index in [9.17, 15) is 9.90 Å². The maximum Gasteiger partial charge on any atom is 0.325 e. The number of anilines is 1. The Morgan fingerprint density at radius 1 is 1.27 bits per heavy atom. The number of alkyl halides is 2. The third-order valence-electron chi connectivity index (χ3n) is 8.52. The van der Waals surface area contributed by atoms with Crippen LogP contribution in [0.4, 0.5) is 14.6 Å². The van der Waals surface area contributed by atoms with E-state index in [1.54, 1.807) is 4.90 Å². The molecular weight excluding hydrogens is 516 g/mol. The summed E-state index contributed by atoms with van der Waals surface area (Å²) in [4.78, 5) is 18.9. The van der Waals surface area contributed by atoms with Crippen LogP contribution in [0.25, 0.3) is 0 Å². The summed E-state index contributed by atoms with van der Waals surface area (Å²) in [6.45, 7) is 4.69. The fourth-order valence-electron chi connectivity index (χ4n) is 6.18. The number of carboxylic acid groups (broad SMARTS) is 1. The SMILES string of the molecule is Cc1ccc(CO[C@H]2CCOC2)c(C(C(=O)O)N2CC[C@@H](C(F)(F)CCCCc3ccc4c(n3)NCCC4)C2)c1. The number of hydrogen-bond acceptors (Lipinski definition) is 6. The van der Waals surface area contributed by atoms with Gasteiger partial charge in [-0.1, -0.05) is 29.8 Å². The smallest absolute Gasteiger partial charge is 0.325 e. The highest BCUT2D eigenvalue weighted by Crippen LogP contribution is 2.40. The second-order valence-electron chi connectivity index (χ2n) is 11.5. The molecule has 0 bridgehead atoms. The van der Waals surface area contributed by atoms with Crippen LogP contribution >= 0.6 is 0 Å². The Hall–Kier alpha value is -2.62. The molecule has 1 aromatic carbocycles. The molecule has 218 valence electrons. The van der Waals surface area contributed by atoms with Gasteiger partial charge in [0.25, 0.3) is 5.92 Å². The third kappa shape index (κ3) is 6.98. The van der Waals surface area contributed by atoms with E-state index < -0.39 is 23.9 Å². The number of aromatic nitrogens is 1. The van der Waals surface area contributed by atoms with E-state index in [0.717, 1.165) is 48.4 Å².